The highest BCUT2D eigenvalue weighted by atomic mass is 32.2. The third kappa shape index (κ3) is 5.30. The lowest BCUT2D eigenvalue weighted by Crippen LogP contribution is -2.16. The molecule has 3 rings (SSSR count). The maximum absolute atomic E-state index is 13.0. The van der Waals surface area contributed by atoms with Crippen LogP contribution in [0.3, 0.4) is 0 Å². The Kier molecular flexibility index (Phi) is 6.76. The summed E-state index contributed by atoms with van der Waals surface area (Å²) in [6.45, 7) is 4.03. The van der Waals surface area contributed by atoms with Gasteiger partial charge in [0.1, 0.15) is 5.82 Å². The van der Waals surface area contributed by atoms with E-state index in [9.17, 15) is 27.7 Å². The van der Waals surface area contributed by atoms with Gasteiger partial charge < -0.3 is 4.57 Å². The average Bonchev–Trinajstić information content (AvgIpc) is 3.04. The van der Waals surface area contributed by atoms with Gasteiger partial charge in [0.25, 0.3) is 5.69 Å². The molecule has 2 aromatic carbocycles. The van der Waals surface area contributed by atoms with E-state index in [1.165, 1.54) is 24.3 Å². The van der Waals surface area contributed by atoms with Crippen molar-refractivity contribution in [3.05, 3.63) is 75.9 Å². The van der Waals surface area contributed by atoms with Gasteiger partial charge in [-0.05, 0) is 36.8 Å². The number of thiazole rings is 1. The van der Waals surface area contributed by atoms with Gasteiger partial charge >= 0.3 is 0 Å². The monoisotopic (exact) mass is 463 g/mol. The molecule has 3 aromatic rings. The minimum Gasteiger partial charge on any atom is -0.312 e. The quantitative estimate of drug-likeness (QED) is 0.219. The summed E-state index contributed by atoms with van der Waals surface area (Å²) in [6.07, 6.45) is 1.58. The Morgan fingerprint density at radius 3 is 2.61 bits per heavy atom. The highest BCUT2D eigenvalue weighted by Crippen LogP contribution is 2.23. The zero-order valence-corrected chi connectivity index (χ0v) is 17.9. The molecule has 0 saturated carbocycles. The van der Waals surface area contributed by atoms with Crippen molar-refractivity contribution in [1.82, 2.24) is 4.57 Å². The van der Waals surface area contributed by atoms with Gasteiger partial charge in [-0.1, -0.05) is 17.4 Å². The lowest BCUT2D eigenvalue weighted by atomic mass is 10.3. The molecular weight excluding hydrogens is 445 g/mol. The van der Waals surface area contributed by atoms with Crippen LogP contribution in [0.5, 0.6) is 0 Å². The number of fused-ring (bicyclic) bond motifs is 1. The molecule has 0 N–H and O–H groups in total. The van der Waals surface area contributed by atoms with Crippen LogP contribution in [0.15, 0.2) is 65.0 Å². The van der Waals surface area contributed by atoms with Crippen LogP contribution in [0.2, 0.25) is 0 Å². The first kappa shape index (κ1) is 22.5. The van der Waals surface area contributed by atoms with E-state index in [2.05, 4.69) is 11.6 Å². The molecule has 0 radical (unpaired) electrons. The van der Waals surface area contributed by atoms with Crippen LogP contribution in [-0.4, -0.2) is 29.6 Å². The Morgan fingerprint density at radius 1 is 1.26 bits per heavy atom. The van der Waals surface area contributed by atoms with E-state index in [0.29, 0.717) is 21.6 Å². The van der Waals surface area contributed by atoms with E-state index in [1.54, 1.807) is 16.7 Å². The fraction of sp³-hybridized carbons (Fsp3) is 0.200. The van der Waals surface area contributed by atoms with E-state index >= 15 is 0 Å². The van der Waals surface area contributed by atoms with Crippen LogP contribution >= 0.6 is 11.3 Å². The summed E-state index contributed by atoms with van der Waals surface area (Å²) in [5.74, 6) is -1.31. The number of allylic oxidation sites excluding steroid dienone is 1. The number of carbonyl (C=O) groups excluding carboxylic acids is 1. The number of aromatic nitrogens is 1. The molecule has 0 aliphatic rings. The van der Waals surface area contributed by atoms with Crippen LogP contribution in [0.4, 0.5) is 10.1 Å². The molecule has 1 heterocycles. The third-order valence-electron chi connectivity index (χ3n) is 4.39. The van der Waals surface area contributed by atoms with E-state index in [-0.39, 0.29) is 29.2 Å². The van der Waals surface area contributed by atoms with Gasteiger partial charge in [0, 0.05) is 25.1 Å². The standard InChI is InChI=1S/C20H18FN3O5S2/c1-2-11-23-17-10-7-15(24(26)27)13-18(17)30-20(23)22-19(25)4-3-12-31(28,29)16-8-5-14(21)6-9-16/h2,5-10,13H,1,3-4,11-12H2. The lowest BCUT2D eigenvalue weighted by molar-refractivity contribution is -0.384. The van der Waals surface area contributed by atoms with Crippen LogP contribution in [-0.2, 0) is 21.2 Å². The minimum absolute atomic E-state index is 0.00628. The van der Waals surface area contributed by atoms with Crippen molar-refractivity contribution >= 4 is 43.0 Å². The predicted molar refractivity (Wildman–Crippen MR) is 115 cm³/mol. The maximum Gasteiger partial charge on any atom is 0.270 e. The number of sulfone groups is 1. The van der Waals surface area contributed by atoms with Crippen molar-refractivity contribution in [2.24, 2.45) is 4.99 Å². The molecule has 31 heavy (non-hydrogen) atoms. The van der Waals surface area contributed by atoms with Gasteiger partial charge in [0.15, 0.2) is 14.6 Å². The van der Waals surface area contributed by atoms with Gasteiger partial charge in [-0.3, -0.25) is 14.9 Å². The number of rotatable bonds is 8. The Labute approximate surface area is 181 Å². The van der Waals surface area contributed by atoms with Gasteiger partial charge in [-0.25, -0.2) is 12.8 Å². The highest BCUT2D eigenvalue weighted by Gasteiger charge is 2.16. The first-order valence-corrected chi connectivity index (χ1v) is 11.6. The van der Waals surface area contributed by atoms with Gasteiger partial charge in [-0.15, -0.1) is 6.58 Å². The smallest absolute Gasteiger partial charge is 0.270 e. The molecule has 11 heteroatoms. The second kappa shape index (κ2) is 9.31. The average molecular weight is 464 g/mol. The predicted octanol–water partition coefficient (Wildman–Crippen LogP) is 3.62. The highest BCUT2D eigenvalue weighted by molar-refractivity contribution is 7.91. The summed E-state index contributed by atoms with van der Waals surface area (Å²) in [7, 11) is -3.64. The number of amides is 1. The van der Waals surface area contributed by atoms with Crippen LogP contribution in [0.1, 0.15) is 12.8 Å². The first-order chi connectivity index (χ1) is 14.7. The summed E-state index contributed by atoms with van der Waals surface area (Å²) in [4.78, 5) is 27.3. The zero-order chi connectivity index (χ0) is 22.6. The normalized spacial score (nSPS) is 12.2. The van der Waals surface area contributed by atoms with Crippen molar-refractivity contribution in [1.29, 1.82) is 0 Å². The molecule has 0 fully saturated rings. The Balaban J connectivity index is 1.78. The number of carbonyl (C=O) groups is 1. The van der Waals surface area contributed by atoms with Crippen molar-refractivity contribution in [3.63, 3.8) is 0 Å². The first-order valence-electron chi connectivity index (χ1n) is 9.16. The fourth-order valence-corrected chi connectivity index (χ4v) is 5.30. The molecule has 1 aromatic heterocycles. The van der Waals surface area contributed by atoms with Crippen LogP contribution in [0.25, 0.3) is 10.2 Å². The minimum atomic E-state index is -3.64. The summed E-state index contributed by atoms with van der Waals surface area (Å²) in [6, 6.07) is 8.89. The molecule has 8 nitrogen and oxygen atoms in total. The molecule has 0 saturated heterocycles. The molecule has 0 atom stereocenters. The summed E-state index contributed by atoms with van der Waals surface area (Å²) in [5, 5.41) is 11.0. The Morgan fingerprint density at radius 2 is 1.97 bits per heavy atom. The van der Waals surface area contributed by atoms with Crippen molar-refractivity contribution in [2.75, 3.05) is 5.75 Å². The number of hydrogen-bond acceptors (Lipinski definition) is 6. The summed E-state index contributed by atoms with van der Waals surface area (Å²) < 4.78 is 39.9. The van der Waals surface area contributed by atoms with Gasteiger partial charge in [0.05, 0.1) is 25.8 Å². The van der Waals surface area contributed by atoms with E-state index in [4.69, 9.17) is 0 Å². The zero-order valence-electron chi connectivity index (χ0n) is 16.2. The maximum atomic E-state index is 13.0. The third-order valence-corrected chi connectivity index (χ3v) is 7.24. The SMILES string of the molecule is C=CCn1c(=NC(=O)CCCS(=O)(=O)c2ccc(F)cc2)sc2cc([N+](=O)[O-])ccc21. The molecule has 0 spiro atoms. The second-order valence-corrected chi connectivity index (χ2v) is 9.69. The number of non-ortho nitro benzene ring substituents is 1. The van der Waals surface area contributed by atoms with Crippen LogP contribution in [0, 0.1) is 15.9 Å². The van der Waals surface area contributed by atoms with Crippen molar-refractivity contribution < 1.29 is 22.5 Å². The number of nitrogens with zero attached hydrogens (tertiary/aromatic N) is 3. The number of nitro benzene ring substituents is 1. The number of halogens is 1. The summed E-state index contributed by atoms with van der Waals surface area (Å²) >= 11 is 1.13. The number of benzene rings is 2. The summed E-state index contributed by atoms with van der Waals surface area (Å²) in [5.41, 5.74) is 0.615. The van der Waals surface area contributed by atoms with Gasteiger partial charge in [0.2, 0.25) is 5.91 Å². The molecule has 0 aliphatic carbocycles. The van der Waals surface area contributed by atoms with Crippen molar-refractivity contribution in [3.8, 4) is 0 Å². The Bertz CT molecular complexity index is 1330. The molecule has 162 valence electrons. The van der Waals surface area contributed by atoms with E-state index in [1.807, 2.05) is 0 Å². The fourth-order valence-electron chi connectivity index (χ4n) is 2.90. The largest absolute Gasteiger partial charge is 0.312 e. The molecule has 0 aliphatic heterocycles. The lowest BCUT2D eigenvalue weighted by Gasteiger charge is -2.03. The van der Waals surface area contributed by atoms with Crippen molar-refractivity contribution in [2.45, 2.75) is 24.3 Å². The molecule has 1 amide bonds. The molecule has 0 unspecified atom stereocenters. The van der Waals surface area contributed by atoms with E-state index in [0.717, 1.165) is 23.5 Å². The van der Waals surface area contributed by atoms with Crippen LogP contribution < -0.4 is 4.80 Å². The number of nitro groups is 1. The van der Waals surface area contributed by atoms with Gasteiger partial charge in [-0.2, -0.15) is 4.99 Å². The van der Waals surface area contributed by atoms with E-state index < -0.39 is 26.5 Å². The molecule has 0 bridgehead atoms. The number of hydrogen-bond donors (Lipinski definition) is 0. The Hall–Kier alpha value is -3.18. The molecular formula is C20H18FN3O5S2. The second-order valence-electron chi connectivity index (χ2n) is 6.57. The topological polar surface area (TPSA) is 112 Å².